The van der Waals surface area contributed by atoms with Crippen LogP contribution in [0, 0.1) is 5.92 Å². The normalized spacial score (nSPS) is 36.2. The molecule has 1 amide bonds. The van der Waals surface area contributed by atoms with Gasteiger partial charge in [0.05, 0.1) is 12.3 Å². The number of allylic oxidation sites excluding steroid dienone is 1. The van der Waals surface area contributed by atoms with Gasteiger partial charge in [-0.3, -0.25) is 9.79 Å². The summed E-state index contributed by atoms with van der Waals surface area (Å²) in [6, 6.07) is 0. The molecule has 3 rings (SSSR count). The molecule has 0 saturated carbocycles. The van der Waals surface area contributed by atoms with E-state index in [9.17, 15) is 4.79 Å². The van der Waals surface area contributed by atoms with E-state index >= 15 is 0 Å². The highest BCUT2D eigenvalue weighted by Gasteiger charge is 2.42. The molecule has 0 aromatic carbocycles. The zero-order valence-corrected chi connectivity index (χ0v) is 7.93. The molecular weight excluding hydrogens is 184 g/mol. The van der Waals surface area contributed by atoms with E-state index in [4.69, 9.17) is 0 Å². The summed E-state index contributed by atoms with van der Waals surface area (Å²) >= 11 is 1.79. The smallest absolute Gasteiger partial charge is 0.235 e. The number of hydrogen-bond donors (Lipinski definition) is 1. The molecule has 4 heteroatoms. The van der Waals surface area contributed by atoms with Gasteiger partial charge in [-0.05, 0) is 29.7 Å². The van der Waals surface area contributed by atoms with Gasteiger partial charge in [-0.2, -0.15) is 0 Å². The number of carbonyl (C=O) groups is 1. The monoisotopic (exact) mass is 194 g/mol. The van der Waals surface area contributed by atoms with E-state index in [-0.39, 0.29) is 17.2 Å². The Morgan fingerprint density at radius 2 is 2.46 bits per heavy atom. The first-order valence-corrected chi connectivity index (χ1v) is 5.45. The molecule has 0 fully saturated rings. The minimum atomic E-state index is 0.0486. The standard InChI is InChI=1S/C9H10N2OS/c12-8-7-5-2-1-3-6(5)13-9(7)11-4-10-8/h4,7,9H,1-3H2,(H,10,11,12). The number of rotatable bonds is 0. The van der Waals surface area contributed by atoms with Gasteiger partial charge in [0.2, 0.25) is 5.91 Å². The quantitative estimate of drug-likeness (QED) is 0.631. The molecule has 0 radical (unpaired) electrons. The first kappa shape index (κ1) is 7.62. The van der Waals surface area contributed by atoms with Crippen molar-refractivity contribution in [3.63, 3.8) is 0 Å². The van der Waals surface area contributed by atoms with Crippen LogP contribution in [0.15, 0.2) is 15.5 Å². The van der Waals surface area contributed by atoms with Crippen LogP contribution in [-0.2, 0) is 4.79 Å². The molecule has 0 spiro atoms. The third-order valence-electron chi connectivity index (χ3n) is 2.84. The summed E-state index contributed by atoms with van der Waals surface area (Å²) < 4.78 is 0. The number of amides is 1. The zero-order chi connectivity index (χ0) is 8.84. The molecule has 0 aromatic rings. The van der Waals surface area contributed by atoms with Crippen molar-refractivity contribution in [3.8, 4) is 0 Å². The van der Waals surface area contributed by atoms with Crippen molar-refractivity contribution < 1.29 is 4.79 Å². The highest BCUT2D eigenvalue weighted by atomic mass is 32.2. The van der Waals surface area contributed by atoms with Gasteiger partial charge in [0.25, 0.3) is 0 Å². The van der Waals surface area contributed by atoms with Crippen molar-refractivity contribution in [2.24, 2.45) is 10.9 Å². The fourth-order valence-corrected chi connectivity index (χ4v) is 3.74. The van der Waals surface area contributed by atoms with E-state index in [2.05, 4.69) is 10.3 Å². The van der Waals surface area contributed by atoms with Crippen molar-refractivity contribution in [2.45, 2.75) is 24.6 Å². The van der Waals surface area contributed by atoms with Crippen molar-refractivity contribution in [1.82, 2.24) is 5.32 Å². The van der Waals surface area contributed by atoms with Crippen molar-refractivity contribution in [1.29, 1.82) is 0 Å². The maximum absolute atomic E-state index is 11.6. The molecule has 3 nitrogen and oxygen atoms in total. The molecule has 68 valence electrons. The van der Waals surface area contributed by atoms with Gasteiger partial charge in [-0.1, -0.05) is 0 Å². The van der Waals surface area contributed by atoms with Crippen LogP contribution in [0.1, 0.15) is 19.3 Å². The van der Waals surface area contributed by atoms with Gasteiger partial charge in [-0.15, -0.1) is 11.8 Å². The number of nitrogens with one attached hydrogen (secondary N) is 1. The maximum atomic E-state index is 11.6. The van der Waals surface area contributed by atoms with E-state index in [1.807, 2.05) is 0 Å². The number of nitrogens with zero attached hydrogens (tertiary/aromatic N) is 1. The predicted octanol–water partition coefficient (Wildman–Crippen LogP) is 1.27. The highest BCUT2D eigenvalue weighted by molar-refractivity contribution is 8.04. The Morgan fingerprint density at radius 3 is 3.38 bits per heavy atom. The Hall–Kier alpha value is -0.770. The molecule has 2 unspecified atom stereocenters. The molecule has 3 aliphatic rings. The van der Waals surface area contributed by atoms with E-state index in [0.29, 0.717) is 0 Å². The zero-order valence-electron chi connectivity index (χ0n) is 7.12. The van der Waals surface area contributed by atoms with Crippen LogP contribution in [0.25, 0.3) is 0 Å². The summed E-state index contributed by atoms with van der Waals surface area (Å²) in [7, 11) is 0. The largest absolute Gasteiger partial charge is 0.317 e. The summed E-state index contributed by atoms with van der Waals surface area (Å²) in [6.07, 6.45) is 5.03. The minimum absolute atomic E-state index is 0.0486. The number of carbonyl (C=O) groups excluding carboxylic acids is 1. The second-order valence-corrected chi connectivity index (χ2v) is 4.79. The highest BCUT2D eigenvalue weighted by Crippen LogP contribution is 2.50. The molecule has 2 atom stereocenters. The van der Waals surface area contributed by atoms with Crippen LogP contribution in [-0.4, -0.2) is 17.6 Å². The van der Waals surface area contributed by atoms with Crippen LogP contribution in [0.4, 0.5) is 0 Å². The van der Waals surface area contributed by atoms with Crippen LogP contribution in [0.5, 0.6) is 0 Å². The first-order valence-electron chi connectivity index (χ1n) is 4.57. The molecule has 0 bridgehead atoms. The lowest BCUT2D eigenvalue weighted by molar-refractivity contribution is -0.122. The van der Waals surface area contributed by atoms with Gasteiger partial charge >= 0.3 is 0 Å². The SMILES string of the molecule is O=C1NC=NC2SC3=C(CCC3)C12. The summed E-state index contributed by atoms with van der Waals surface area (Å²) in [5, 5.41) is 2.84. The third-order valence-corrected chi connectivity index (χ3v) is 4.23. The van der Waals surface area contributed by atoms with Gasteiger partial charge < -0.3 is 5.32 Å². The molecular formula is C9H10N2OS. The van der Waals surface area contributed by atoms with Crippen molar-refractivity contribution in [2.75, 3.05) is 0 Å². The number of aliphatic imine (C=N–C) groups is 1. The molecule has 2 aliphatic heterocycles. The molecule has 0 aromatic heterocycles. The number of thioether (sulfide) groups is 1. The lowest BCUT2D eigenvalue weighted by Gasteiger charge is -2.20. The lowest BCUT2D eigenvalue weighted by atomic mass is 9.97. The summed E-state index contributed by atoms with van der Waals surface area (Å²) in [4.78, 5) is 17.3. The number of fused-ring (bicyclic) bond motifs is 2. The Kier molecular flexibility index (Phi) is 1.53. The van der Waals surface area contributed by atoms with E-state index in [0.717, 1.165) is 12.8 Å². The Morgan fingerprint density at radius 1 is 1.54 bits per heavy atom. The minimum Gasteiger partial charge on any atom is -0.317 e. The average Bonchev–Trinajstić information content (AvgIpc) is 2.62. The van der Waals surface area contributed by atoms with Gasteiger partial charge in [-0.25, -0.2) is 0 Å². The second kappa shape index (κ2) is 2.61. The lowest BCUT2D eigenvalue weighted by Crippen LogP contribution is -2.38. The van der Waals surface area contributed by atoms with Crippen LogP contribution >= 0.6 is 11.8 Å². The van der Waals surface area contributed by atoms with Crippen LogP contribution in [0.3, 0.4) is 0 Å². The molecule has 1 N–H and O–H groups in total. The fraction of sp³-hybridized carbons (Fsp3) is 0.556. The second-order valence-electron chi connectivity index (χ2n) is 3.57. The Labute approximate surface area is 80.7 Å². The Balaban J connectivity index is 2.00. The van der Waals surface area contributed by atoms with Crippen LogP contribution in [0.2, 0.25) is 0 Å². The van der Waals surface area contributed by atoms with Gasteiger partial charge in [0.1, 0.15) is 5.37 Å². The first-order chi connectivity index (χ1) is 6.36. The molecule has 13 heavy (non-hydrogen) atoms. The third kappa shape index (κ3) is 0.981. The van der Waals surface area contributed by atoms with Crippen LogP contribution < -0.4 is 5.32 Å². The average molecular weight is 194 g/mol. The van der Waals surface area contributed by atoms with E-state index in [1.54, 1.807) is 18.1 Å². The molecule has 0 saturated heterocycles. The summed E-state index contributed by atoms with van der Waals surface area (Å²) in [5.74, 6) is 0.187. The fourth-order valence-electron chi connectivity index (χ4n) is 2.26. The molecule has 2 heterocycles. The van der Waals surface area contributed by atoms with E-state index in [1.165, 1.54) is 16.9 Å². The van der Waals surface area contributed by atoms with Crippen molar-refractivity contribution in [3.05, 3.63) is 10.5 Å². The summed E-state index contributed by atoms with van der Waals surface area (Å²) in [6.45, 7) is 0. The van der Waals surface area contributed by atoms with Crippen molar-refractivity contribution >= 4 is 24.0 Å². The van der Waals surface area contributed by atoms with E-state index < -0.39 is 0 Å². The number of hydrogen-bond acceptors (Lipinski definition) is 3. The predicted molar refractivity (Wildman–Crippen MR) is 52.4 cm³/mol. The summed E-state index contributed by atoms with van der Waals surface area (Å²) in [5.41, 5.74) is 1.37. The van der Waals surface area contributed by atoms with Gasteiger partial charge in [0, 0.05) is 0 Å². The van der Waals surface area contributed by atoms with Gasteiger partial charge in [0.15, 0.2) is 0 Å². The topological polar surface area (TPSA) is 41.5 Å². The Bertz CT molecular complexity index is 335. The molecule has 1 aliphatic carbocycles. The maximum Gasteiger partial charge on any atom is 0.235 e.